The van der Waals surface area contributed by atoms with Gasteiger partial charge >= 0.3 is 0 Å². The van der Waals surface area contributed by atoms with Crippen molar-refractivity contribution in [2.45, 2.75) is 392 Å². The number of hydrogen-bond donors (Lipinski definition) is 0. The van der Waals surface area contributed by atoms with E-state index in [2.05, 4.69) is 60.8 Å². The molecule has 77 heavy (non-hydrogen) atoms. The molecule has 1 aliphatic rings. The second-order valence-corrected chi connectivity index (χ2v) is 24.6. The van der Waals surface area contributed by atoms with Gasteiger partial charge in [0, 0.05) is 5.88 Å². The van der Waals surface area contributed by atoms with Gasteiger partial charge in [0.2, 0.25) is 0 Å². The third-order valence-corrected chi connectivity index (χ3v) is 16.8. The highest BCUT2D eigenvalue weighted by Gasteiger charge is 2.14. The van der Waals surface area contributed by atoms with Crippen molar-refractivity contribution in [2.75, 3.05) is 19.1 Å². The van der Waals surface area contributed by atoms with Crippen LogP contribution in [0.15, 0.2) is 60.8 Å². The summed E-state index contributed by atoms with van der Waals surface area (Å²) in [4.78, 5) is 0. The Kier molecular flexibility index (Phi) is 66.4. The Balaban J connectivity index is 1.64. The van der Waals surface area contributed by atoms with Crippen LogP contribution in [0.25, 0.3) is 0 Å². The van der Waals surface area contributed by atoms with Gasteiger partial charge in [-0.15, -0.1) is 11.6 Å². The second kappa shape index (κ2) is 69.2. The van der Waals surface area contributed by atoms with Crippen LogP contribution in [0.2, 0.25) is 0 Å². The van der Waals surface area contributed by atoms with Gasteiger partial charge in [-0.1, -0.05) is 298 Å². The van der Waals surface area contributed by atoms with Crippen molar-refractivity contribution in [3.63, 3.8) is 0 Å². The van der Waals surface area contributed by atoms with Gasteiger partial charge in [0.1, 0.15) is 0 Å². The molecule has 0 aliphatic carbocycles. The zero-order valence-electron chi connectivity index (χ0n) is 52.1. The minimum Gasteiger partial charge on any atom is -0.350 e. The van der Waals surface area contributed by atoms with Gasteiger partial charge in [-0.25, -0.2) is 0 Å². The van der Waals surface area contributed by atoms with Crippen molar-refractivity contribution in [1.29, 1.82) is 0 Å². The monoisotopic (exact) mass is 1090 g/mol. The molecule has 1 aliphatic heterocycles. The highest BCUT2D eigenvalue weighted by molar-refractivity contribution is 6.17. The molecular formula is C74H137ClO2. The van der Waals surface area contributed by atoms with Crippen molar-refractivity contribution in [3.8, 4) is 0 Å². The lowest BCUT2D eigenvalue weighted by Gasteiger charge is -2.08. The molecule has 0 bridgehead atoms. The van der Waals surface area contributed by atoms with Crippen molar-refractivity contribution in [3.05, 3.63) is 60.8 Å². The fraction of sp³-hybridized carbons (Fsp3) is 0.865. The summed E-state index contributed by atoms with van der Waals surface area (Å²) in [5.41, 5.74) is 0. The summed E-state index contributed by atoms with van der Waals surface area (Å²) in [5.74, 6) is 0.837. The SMILES string of the molecule is ClCCCCCCCCCCC/C=C/CCCCCCCCCC/C=C/CCCCCCCCCC/C=C/CCCCCCCCCC/C=C/CCCCCCCCCC/C=C/CCCCCCCCCCC1OCCO1. The predicted octanol–water partition coefficient (Wildman–Crippen LogP) is 26.8. The Morgan fingerprint density at radius 3 is 0.506 bits per heavy atom. The fourth-order valence-electron chi connectivity index (χ4n) is 11.3. The van der Waals surface area contributed by atoms with E-state index in [1.807, 2.05) is 0 Å². The van der Waals surface area contributed by atoms with Crippen molar-refractivity contribution in [1.82, 2.24) is 0 Å². The van der Waals surface area contributed by atoms with E-state index in [4.69, 9.17) is 21.1 Å². The minimum absolute atomic E-state index is 0.0977. The van der Waals surface area contributed by atoms with E-state index in [1.54, 1.807) is 0 Å². The Hall–Kier alpha value is -1.09. The van der Waals surface area contributed by atoms with Crippen molar-refractivity contribution >= 4 is 11.6 Å². The topological polar surface area (TPSA) is 18.5 Å². The average Bonchev–Trinajstić information content (AvgIpc) is 3.97. The molecule has 0 spiro atoms. The molecule has 2 nitrogen and oxygen atoms in total. The van der Waals surface area contributed by atoms with Gasteiger partial charge in [0.05, 0.1) is 13.2 Å². The van der Waals surface area contributed by atoms with E-state index in [0.717, 1.165) is 25.5 Å². The van der Waals surface area contributed by atoms with Crippen LogP contribution in [-0.4, -0.2) is 25.4 Å². The fourth-order valence-corrected chi connectivity index (χ4v) is 11.5. The lowest BCUT2D eigenvalue weighted by Crippen LogP contribution is -2.06. The molecule has 0 saturated carbocycles. The van der Waals surface area contributed by atoms with Gasteiger partial charge in [0.15, 0.2) is 6.29 Å². The van der Waals surface area contributed by atoms with Gasteiger partial charge < -0.3 is 9.47 Å². The summed E-state index contributed by atoms with van der Waals surface area (Å²) < 4.78 is 11.0. The number of rotatable bonds is 66. The van der Waals surface area contributed by atoms with Crippen LogP contribution < -0.4 is 0 Å². The maximum Gasteiger partial charge on any atom is 0.157 e. The molecule has 0 N–H and O–H groups in total. The molecule has 0 radical (unpaired) electrons. The third-order valence-electron chi connectivity index (χ3n) is 16.6. The van der Waals surface area contributed by atoms with Crippen molar-refractivity contribution < 1.29 is 9.47 Å². The number of unbranched alkanes of at least 4 members (excludes halogenated alkanes) is 53. The van der Waals surface area contributed by atoms with Gasteiger partial charge in [-0.3, -0.25) is 0 Å². The van der Waals surface area contributed by atoms with E-state index in [-0.39, 0.29) is 6.29 Å². The first kappa shape index (κ1) is 73.9. The lowest BCUT2D eigenvalue weighted by molar-refractivity contribution is -0.0480. The van der Waals surface area contributed by atoms with Crippen LogP contribution in [0.1, 0.15) is 385 Å². The maximum absolute atomic E-state index is 5.75. The summed E-state index contributed by atoms with van der Waals surface area (Å²) in [5, 5.41) is 0. The molecule has 3 heteroatoms. The first-order valence-electron chi connectivity index (χ1n) is 35.5. The summed E-state index contributed by atoms with van der Waals surface area (Å²) in [6.45, 7) is 1.58. The quantitative estimate of drug-likeness (QED) is 0.0343. The molecule has 1 heterocycles. The summed E-state index contributed by atoms with van der Waals surface area (Å²) >= 11 is 5.75. The van der Waals surface area contributed by atoms with Crippen LogP contribution >= 0.6 is 11.6 Å². The van der Waals surface area contributed by atoms with Gasteiger partial charge in [-0.2, -0.15) is 0 Å². The van der Waals surface area contributed by atoms with E-state index in [0.29, 0.717) is 0 Å². The van der Waals surface area contributed by atoms with Gasteiger partial charge in [0.25, 0.3) is 0 Å². The molecule has 0 aromatic rings. The Bertz CT molecular complexity index is 1210. The zero-order valence-corrected chi connectivity index (χ0v) is 52.8. The van der Waals surface area contributed by atoms with E-state index in [9.17, 15) is 0 Å². The summed E-state index contributed by atoms with van der Waals surface area (Å²) in [6, 6.07) is 0. The zero-order chi connectivity index (χ0) is 54.6. The first-order valence-corrected chi connectivity index (χ1v) is 36.0. The first-order chi connectivity index (χ1) is 38.4. The number of alkyl halides is 1. The Morgan fingerprint density at radius 2 is 0.338 bits per heavy atom. The Labute approximate surface area is 489 Å². The van der Waals surface area contributed by atoms with Crippen LogP contribution in [0.4, 0.5) is 0 Å². The van der Waals surface area contributed by atoms with Crippen LogP contribution in [0, 0.1) is 0 Å². The number of halogens is 1. The van der Waals surface area contributed by atoms with E-state index >= 15 is 0 Å². The molecule has 0 aromatic heterocycles. The molecule has 1 saturated heterocycles. The second-order valence-electron chi connectivity index (χ2n) is 24.2. The molecule has 1 rings (SSSR count). The lowest BCUT2D eigenvalue weighted by atomic mass is 10.0. The average molecular weight is 1090 g/mol. The van der Waals surface area contributed by atoms with Crippen LogP contribution in [0.5, 0.6) is 0 Å². The number of ether oxygens (including phenoxy) is 2. The molecule has 452 valence electrons. The van der Waals surface area contributed by atoms with E-state index in [1.165, 1.54) is 379 Å². The van der Waals surface area contributed by atoms with Crippen LogP contribution in [-0.2, 0) is 9.47 Å². The number of hydrogen-bond acceptors (Lipinski definition) is 2. The van der Waals surface area contributed by atoms with Gasteiger partial charge in [-0.05, 0) is 148 Å². The molecular weight excluding hydrogens is 956 g/mol. The standard InChI is InChI=1S/C74H137ClO2/c75-71-69-67-65-63-61-59-57-55-53-51-49-47-45-43-41-39-37-35-33-31-29-27-25-23-21-19-17-15-13-11-9-7-5-3-1-2-4-6-8-10-12-14-16-18-20-22-24-26-28-30-32-34-36-38-40-42-44-46-48-50-52-54-56-58-60-62-64-66-68-70-74-76-72-73-77-74/h1-2,23-26,47-50,74H,3-22,27-46,51-73H2/b2-1+,25-23+,26-24+,49-47+,50-48+. The predicted molar refractivity (Wildman–Crippen MR) is 349 cm³/mol. The number of allylic oxidation sites excluding steroid dienone is 10. The van der Waals surface area contributed by atoms with E-state index < -0.39 is 0 Å². The largest absolute Gasteiger partial charge is 0.350 e. The summed E-state index contributed by atoms with van der Waals surface area (Å²) in [6.07, 6.45) is 108. The molecule has 1 fully saturated rings. The molecule has 0 atom stereocenters. The normalized spacial score (nSPS) is 13.6. The highest BCUT2D eigenvalue weighted by atomic mass is 35.5. The maximum atomic E-state index is 5.75. The Morgan fingerprint density at radius 1 is 0.195 bits per heavy atom. The third kappa shape index (κ3) is 65.6. The summed E-state index contributed by atoms with van der Waals surface area (Å²) in [7, 11) is 0. The molecule has 0 unspecified atom stereocenters. The molecule has 0 amide bonds. The van der Waals surface area contributed by atoms with Crippen molar-refractivity contribution in [2.24, 2.45) is 0 Å². The minimum atomic E-state index is 0.0977. The highest BCUT2D eigenvalue weighted by Crippen LogP contribution is 2.19. The van der Waals surface area contributed by atoms with Crippen LogP contribution in [0.3, 0.4) is 0 Å². The molecule has 0 aromatic carbocycles. The smallest absolute Gasteiger partial charge is 0.157 e.